The highest BCUT2D eigenvalue weighted by molar-refractivity contribution is 5.88. The summed E-state index contributed by atoms with van der Waals surface area (Å²) in [6.45, 7) is 0.615. The van der Waals surface area contributed by atoms with E-state index in [4.69, 9.17) is 23.4 Å². The Balaban J connectivity index is 0.000000153. The highest BCUT2D eigenvalue weighted by Crippen LogP contribution is 2.52. The maximum absolute atomic E-state index is 12.1. The molecule has 5 N–H and O–H groups in total. The first-order chi connectivity index (χ1) is 20.7. The molecule has 2 unspecified atom stereocenters. The molecule has 2 aliphatic heterocycles. The zero-order chi connectivity index (χ0) is 30.4. The van der Waals surface area contributed by atoms with Crippen molar-refractivity contribution in [3.63, 3.8) is 0 Å². The Morgan fingerprint density at radius 1 is 0.744 bits per heavy atom. The maximum atomic E-state index is 12.1. The number of fused-ring (bicyclic) bond motifs is 6. The summed E-state index contributed by atoms with van der Waals surface area (Å²) in [5.74, 6) is 0.848. The van der Waals surface area contributed by atoms with Crippen molar-refractivity contribution in [1.82, 2.24) is 0 Å². The van der Waals surface area contributed by atoms with E-state index in [-0.39, 0.29) is 45.8 Å². The predicted octanol–water partition coefficient (Wildman–Crippen LogP) is 5.30. The fourth-order valence-electron chi connectivity index (χ4n) is 5.21. The molecule has 4 aromatic carbocycles. The van der Waals surface area contributed by atoms with Crippen LogP contribution in [-0.4, -0.2) is 46.4 Å². The third-order valence-corrected chi connectivity index (χ3v) is 7.36. The predicted molar refractivity (Wildman–Crippen MR) is 154 cm³/mol. The highest BCUT2D eigenvalue weighted by atomic mass is 16.5. The molecule has 0 saturated heterocycles. The second-order valence-electron chi connectivity index (χ2n) is 9.91. The zero-order valence-corrected chi connectivity index (χ0v) is 22.9. The first-order valence-electron chi connectivity index (χ1n) is 13.1. The Morgan fingerprint density at radius 2 is 1.44 bits per heavy atom. The van der Waals surface area contributed by atoms with Crippen LogP contribution < -0.4 is 24.4 Å². The highest BCUT2D eigenvalue weighted by Gasteiger charge is 2.41. The van der Waals surface area contributed by atoms with Gasteiger partial charge in [-0.15, -0.1) is 0 Å². The van der Waals surface area contributed by atoms with Crippen molar-refractivity contribution in [3.05, 3.63) is 88.1 Å². The van der Waals surface area contributed by atoms with Gasteiger partial charge in [0.15, 0.2) is 17.3 Å². The number of ether oxygens (including phenoxy) is 4. The number of phenolic OH excluding ortho intramolecular Hbond substituents is 4. The topological polar surface area (TPSA) is 168 Å². The third-order valence-electron chi connectivity index (χ3n) is 7.36. The van der Waals surface area contributed by atoms with E-state index < -0.39 is 22.7 Å². The van der Waals surface area contributed by atoms with Gasteiger partial charge in [0.05, 0.1) is 26.7 Å². The van der Waals surface area contributed by atoms with Gasteiger partial charge in [0.2, 0.25) is 11.2 Å². The molecule has 220 valence electrons. The molecule has 1 aromatic heterocycles. The van der Waals surface area contributed by atoms with Crippen molar-refractivity contribution in [2.24, 2.45) is 0 Å². The number of rotatable bonds is 3. The maximum Gasteiger partial charge on any atom is 0.238 e. The Kier molecular flexibility index (Phi) is 6.77. The quantitative estimate of drug-likeness (QED) is 0.174. The van der Waals surface area contributed by atoms with Crippen molar-refractivity contribution < 1.29 is 48.9 Å². The van der Waals surface area contributed by atoms with Gasteiger partial charge < -0.3 is 48.9 Å². The van der Waals surface area contributed by atoms with Crippen molar-refractivity contribution in [1.29, 1.82) is 0 Å². The molecule has 0 amide bonds. The average molecular weight is 587 g/mol. The van der Waals surface area contributed by atoms with Crippen LogP contribution in [0.2, 0.25) is 0 Å². The lowest BCUT2D eigenvalue weighted by Crippen LogP contribution is -2.23. The van der Waals surface area contributed by atoms with Gasteiger partial charge in [-0.25, -0.2) is 0 Å². The Labute approximate surface area is 243 Å². The Bertz CT molecular complexity index is 1930. The van der Waals surface area contributed by atoms with E-state index in [9.17, 15) is 30.3 Å². The summed E-state index contributed by atoms with van der Waals surface area (Å²) in [7, 11) is 3.32. The summed E-state index contributed by atoms with van der Waals surface area (Å²) in [5.41, 5.74) is 1.36. The lowest BCUT2D eigenvalue weighted by Gasteiger charge is -2.28. The second kappa shape index (κ2) is 10.6. The first kappa shape index (κ1) is 27.5. The average Bonchev–Trinajstić information content (AvgIpc) is 3.38. The minimum absolute atomic E-state index is 0.00163. The second-order valence-corrected chi connectivity index (χ2v) is 9.91. The van der Waals surface area contributed by atoms with Gasteiger partial charge in [0.25, 0.3) is 0 Å². The standard InChI is InChI=1S/C17H16O4.C15H10O7/c1-18-10-4-6-13-15(7-10)20-9-14-12-5-3-11(19-2)8-16(12)21-17(13)14;16-7-4-10(19)12-11(5-7)22-15(14(21)13(12)20)6-1-2-8(17)9(18)3-6/h3-8,14,17H,9H2,1-2H3;1-5,16-19,21H. The van der Waals surface area contributed by atoms with Crippen LogP contribution in [0.1, 0.15) is 23.1 Å². The molecule has 11 heteroatoms. The van der Waals surface area contributed by atoms with E-state index in [1.54, 1.807) is 14.2 Å². The summed E-state index contributed by atoms with van der Waals surface area (Å²) < 4.78 is 27.9. The van der Waals surface area contributed by atoms with Crippen molar-refractivity contribution in [2.45, 2.75) is 12.0 Å². The van der Waals surface area contributed by atoms with E-state index >= 15 is 0 Å². The smallest absolute Gasteiger partial charge is 0.238 e. The van der Waals surface area contributed by atoms with Crippen LogP contribution in [0.5, 0.6) is 51.7 Å². The number of hydrogen-bond donors (Lipinski definition) is 5. The van der Waals surface area contributed by atoms with Crippen LogP contribution in [0.15, 0.2) is 75.9 Å². The lowest BCUT2D eigenvalue weighted by atomic mass is 9.89. The SMILES string of the molecule is COc1ccc2c(c1)OC1c3ccc(OC)cc3OCC21.O=c1c(O)c(-c2ccc(O)c(O)c2)oc2cc(O)cc(O)c12. The molecule has 2 aliphatic rings. The summed E-state index contributed by atoms with van der Waals surface area (Å²) >= 11 is 0. The summed E-state index contributed by atoms with van der Waals surface area (Å²) in [6, 6.07) is 17.5. The molecule has 2 atom stereocenters. The van der Waals surface area contributed by atoms with Crippen LogP contribution in [0, 0.1) is 0 Å². The van der Waals surface area contributed by atoms with Crippen molar-refractivity contribution in [3.8, 4) is 63.1 Å². The molecular weight excluding hydrogens is 560 g/mol. The fraction of sp³-hybridized carbons (Fsp3) is 0.156. The molecule has 0 saturated carbocycles. The first-order valence-corrected chi connectivity index (χ1v) is 13.1. The molecule has 0 bridgehead atoms. The van der Waals surface area contributed by atoms with E-state index in [0.717, 1.165) is 52.8 Å². The van der Waals surface area contributed by atoms with E-state index in [1.807, 2.05) is 30.3 Å². The minimum atomic E-state index is -0.888. The molecule has 43 heavy (non-hydrogen) atoms. The van der Waals surface area contributed by atoms with Gasteiger partial charge in [-0.2, -0.15) is 0 Å². The van der Waals surface area contributed by atoms with E-state index in [0.29, 0.717) is 6.61 Å². The lowest BCUT2D eigenvalue weighted by molar-refractivity contribution is 0.139. The molecule has 3 heterocycles. The molecule has 0 spiro atoms. The van der Waals surface area contributed by atoms with Gasteiger partial charge >= 0.3 is 0 Å². The number of methoxy groups -OCH3 is 2. The monoisotopic (exact) mass is 586 g/mol. The van der Waals surface area contributed by atoms with Crippen molar-refractivity contribution in [2.75, 3.05) is 20.8 Å². The Morgan fingerprint density at radius 3 is 2.14 bits per heavy atom. The summed E-state index contributed by atoms with van der Waals surface area (Å²) in [5, 5.41) is 47.6. The Hall–Kier alpha value is -5.71. The minimum Gasteiger partial charge on any atom is -0.508 e. The van der Waals surface area contributed by atoms with E-state index in [1.165, 1.54) is 11.6 Å². The van der Waals surface area contributed by atoms with Crippen LogP contribution in [0.4, 0.5) is 0 Å². The van der Waals surface area contributed by atoms with Crippen LogP contribution in [-0.2, 0) is 0 Å². The fourth-order valence-corrected chi connectivity index (χ4v) is 5.21. The molecular formula is C32H26O11. The zero-order valence-electron chi connectivity index (χ0n) is 22.9. The van der Waals surface area contributed by atoms with E-state index in [2.05, 4.69) is 6.07 Å². The third kappa shape index (κ3) is 4.80. The molecule has 5 aromatic rings. The van der Waals surface area contributed by atoms with Gasteiger partial charge in [-0.3, -0.25) is 4.79 Å². The molecule has 7 rings (SSSR count). The molecule has 0 fully saturated rings. The summed E-state index contributed by atoms with van der Waals surface area (Å²) in [4.78, 5) is 12.1. The summed E-state index contributed by atoms with van der Waals surface area (Å²) in [6.07, 6.45) is 0.00163. The normalized spacial score (nSPS) is 16.0. The van der Waals surface area contributed by atoms with Crippen LogP contribution in [0.3, 0.4) is 0 Å². The largest absolute Gasteiger partial charge is 0.508 e. The number of phenols is 4. The van der Waals surface area contributed by atoms with Gasteiger partial charge in [-0.05, 0) is 36.4 Å². The number of aromatic hydroxyl groups is 5. The van der Waals surface area contributed by atoms with Gasteiger partial charge in [-0.1, -0.05) is 6.07 Å². The van der Waals surface area contributed by atoms with Crippen molar-refractivity contribution >= 4 is 11.0 Å². The van der Waals surface area contributed by atoms with Crippen LogP contribution >= 0.6 is 0 Å². The van der Waals surface area contributed by atoms with Gasteiger partial charge in [0, 0.05) is 41.0 Å². The van der Waals surface area contributed by atoms with Gasteiger partial charge in [0.1, 0.15) is 51.6 Å². The molecule has 11 nitrogen and oxygen atoms in total. The molecule has 0 aliphatic carbocycles. The number of benzene rings is 4. The number of hydrogen-bond acceptors (Lipinski definition) is 11. The molecule has 0 radical (unpaired) electrons. The van der Waals surface area contributed by atoms with Crippen LogP contribution in [0.25, 0.3) is 22.3 Å².